The van der Waals surface area contributed by atoms with Crippen LogP contribution in [0.3, 0.4) is 0 Å². The molecule has 0 unspecified atom stereocenters. The van der Waals surface area contributed by atoms with Crippen molar-refractivity contribution in [2.75, 3.05) is 31.1 Å². The van der Waals surface area contributed by atoms with Crippen LogP contribution in [0.15, 0.2) is 82.6 Å². The Morgan fingerprint density at radius 1 is 0.765 bits per heavy atom. The van der Waals surface area contributed by atoms with E-state index in [2.05, 4.69) is 57.5 Å². The second kappa shape index (κ2) is 31.2. The van der Waals surface area contributed by atoms with Gasteiger partial charge in [-0.1, -0.05) is 76.2 Å². The summed E-state index contributed by atoms with van der Waals surface area (Å²) < 4.78 is 0. The first kappa shape index (κ1) is 62.3. The fraction of sp³-hybridized carbons (Fsp3) is 0.481. The molecule has 0 spiro atoms. The van der Waals surface area contributed by atoms with Gasteiger partial charge >= 0.3 is 5.97 Å². The van der Waals surface area contributed by atoms with Gasteiger partial charge in [0, 0.05) is 98.7 Å². The molecule has 3 aliphatic heterocycles. The predicted octanol–water partition coefficient (Wildman–Crippen LogP) is -0.0543. The highest BCUT2D eigenvalue weighted by Gasteiger charge is 2.36. The molecule has 0 saturated carbocycles. The number of aromatic nitrogens is 1. The van der Waals surface area contributed by atoms with E-state index < -0.39 is 115 Å². The zero-order valence-electron chi connectivity index (χ0n) is 45.2. The lowest BCUT2D eigenvalue weighted by atomic mass is 10.0. The lowest BCUT2D eigenvalue weighted by molar-refractivity contribution is -0.138. The van der Waals surface area contributed by atoms with E-state index in [0.717, 1.165) is 23.7 Å². The fourth-order valence-corrected chi connectivity index (χ4v) is 11.7. The predicted molar refractivity (Wildman–Crippen MR) is 307 cm³/mol. The number of aliphatic imine (C=N–C) groups is 2. The number of rotatable bonds is 15. The van der Waals surface area contributed by atoms with Crippen LogP contribution >= 0.6 is 21.6 Å². The van der Waals surface area contributed by atoms with Crippen molar-refractivity contribution in [1.29, 1.82) is 0 Å². The largest absolute Gasteiger partial charge is 0.481 e. The molecule has 27 heteroatoms. The summed E-state index contributed by atoms with van der Waals surface area (Å²) in [4.78, 5) is 152. The number of benzene rings is 2. The summed E-state index contributed by atoms with van der Waals surface area (Å²) in [5, 5.41) is 32.0. The minimum Gasteiger partial charge on any atom is -0.481 e. The molecule has 0 aliphatic carbocycles. The summed E-state index contributed by atoms with van der Waals surface area (Å²) in [5.41, 5.74) is 13.6. The van der Waals surface area contributed by atoms with Gasteiger partial charge in [-0.05, 0) is 62.6 Å². The normalized spacial score (nSPS) is 24.2. The highest BCUT2D eigenvalue weighted by molar-refractivity contribution is 8.76. The maximum absolute atomic E-state index is 14.8. The van der Waals surface area contributed by atoms with Crippen molar-refractivity contribution < 1.29 is 53.1 Å². The van der Waals surface area contributed by atoms with Crippen LogP contribution in [0.2, 0.25) is 0 Å². The van der Waals surface area contributed by atoms with Gasteiger partial charge in [0.2, 0.25) is 53.2 Å². The maximum Gasteiger partial charge on any atom is 0.303 e. The number of likely N-dealkylation sites (tertiary alicyclic amines) is 1. The number of nitrogens with two attached hydrogens (primary N) is 2. The highest BCUT2D eigenvalue weighted by atomic mass is 33.1. The molecule has 8 atom stereocenters. The van der Waals surface area contributed by atoms with Crippen molar-refractivity contribution in [2.24, 2.45) is 21.5 Å². The van der Waals surface area contributed by atoms with Crippen LogP contribution < -0.4 is 54.0 Å². The number of nitrogens with one attached hydrogen (secondary N) is 9. The first-order valence-electron chi connectivity index (χ1n) is 26.8. The van der Waals surface area contributed by atoms with Crippen molar-refractivity contribution in [3.8, 4) is 0 Å². The van der Waals surface area contributed by atoms with Gasteiger partial charge < -0.3 is 69.0 Å². The topological polar surface area (TPSA) is 383 Å². The van der Waals surface area contributed by atoms with Crippen LogP contribution in [-0.2, 0) is 60.8 Å². The molecule has 25 nitrogen and oxygen atoms in total. The summed E-state index contributed by atoms with van der Waals surface area (Å²) in [7, 11) is 2.46. The number of carboxylic acid groups (broad SMARTS) is 1. The number of para-hydroxylation sites is 1. The summed E-state index contributed by atoms with van der Waals surface area (Å²) in [6.45, 7) is 3.02. The number of amides is 9. The third-order valence-corrected chi connectivity index (χ3v) is 16.1. The smallest absolute Gasteiger partial charge is 0.303 e. The number of carbonyl (C=O) groups is 10. The van der Waals surface area contributed by atoms with Crippen molar-refractivity contribution in [3.63, 3.8) is 0 Å². The van der Waals surface area contributed by atoms with E-state index in [1.165, 1.54) is 28.5 Å². The Kier molecular flexibility index (Phi) is 24.0. The standard InChI is InChI=1S/C54H72N14O11S2/c1-31-11-10-23-68(31)53(79)44-30-81-80-24-20-40(61-32(2)69)50(76)64-39(18-19-46(71)72)49(75)67-43(27-35-14-8-21-57-35)52(78)65-41(25-33-12-4-3-5-13-33)51(77)63-38(17-9-22-58-54(55)56)48(74)66-42(47(73)60-29-45(70)62-44)26-34-28-59-37-16-7-6-15-36(34)37/h3-7,12-16,21,28,31,38-44,59H,8-11,17-20,22-27,29-30H2,1-2H3,(H,60,73)(H,61,69)(H,62,70)(H,63,77)(H,64,76)(H,65,78)(H,66,74)(H,67,75)(H,71,72)(H4,55,56,58)/t31-,38+,39+,40+,41-,42+,43+,44+/m1/s1. The first-order valence-corrected chi connectivity index (χ1v) is 29.3. The SMILES string of the molecule is CC(=O)N[C@H]1CCSSC[C@@H](C(=O)N2CCC[C@H]2C)NC(=O)CNC(=O)[C@H](Cc2c[nH]c3ccccc23)NC(=O)[C@H](CCCN=C(N)N)NC(=O)[C@@H](Cc2ccccc2)NC(=O)[C@H](CC2=CCC=N2)NC(=O)[C@H](CCC(=O)O)NC1=O. The lowest BCUT2D eigenvalue weighted by Gasteiger charge is -2.28. The Bertz CT molecular complexity index is 2840. The second-order valence-corrected chi connectivity index (χ2v) is 22.5. The maximum atomic E-state index is 14.8. The molecule has 3 aromatic rings. The van der Waals surface area contributed by atoms with E-state index in [4.69, 9.17) is 11.5 Å². The van der Waals surface area contributed by atoms with E-state index in [-0.39, 0.29) is 74.5 Å². The number of nitrogens with zero attached hydrogens (tertiary/aromatic N) is 3. The number of carboxylic acids is 1. The van der Waals surface area contributed by atoms with Gasteiger partial charge in [0.1, 0.15) is 42.3 Å². The molecule has 436 valence electrons. The van der Waals surface area contributed by atoms with E-state index in [1.807, 2.05) is 31.2 Å². The molecule has 1 aromatic heterocycles. The first-order chi connectivity index (χ1) is 38.8. The molecule has 3 aliphatic rings. The van der Waals surface area contributed by atoms with Gasteiger partial charge in [-0.15, -0.1) is 0 Å². The summed E-state index contributed by atoms with van der Waals surface area (Å²) in [5.74, 6) is -7.93. The number of aromatic amines is 1. The van der Waals surface area contributed by atoms with Crippen LogP contribution in [0, 0.1) is 0 Å². The van der Waals surface area contributed by atoms with Gasteiger partial charge in [0.05, 0.1) is 6.54 Å². The van der Waals surface area contributed by atoms with Crippen molar-refractivity contribution in [1.82, 2.24) is 52.4 Å². The van der Waals surface area contributed by atoms with Gasteiger partial charge in [0.15, 0.2) is 5.96 Å². The number of H-pyrrole nitrogens is 1. The van der Waals surface area contributed by atoms with Crippen molar-refractivity contribution >= 4 is 104 Å². The molecular formula is C54H72N14O11S2. The zero-order chi connectivity index (χ0) is 58.4. The fourth-order valence-electron chi connectivity index (χ4n) is 9.45. The number of carbonyl (C=O) groups excluding carboxylic acids is 9. The highest BCUT2D eigenvalue weighted by Crippen LogP contribution is 2.26. The third kappa shape index (κ3) is 19.7. The molecular weight excluding hydrogens is 1080 g/mol. The second-order valence-electron chi connectivity index (χ2n) is 19.9. The number of guanidine groups is 1. The van der Waals surface area contributed by atoms with E-state index in [1.54, 1.807) is 53.7 Å². The number of aliphatic carboxylic acids is 1. The Morgan fingerprint density at radius 2 is 1.41 bits per heavy atom. The van der Waals surface area contributed by atoms with Crippen LogP contribution in [-0.4, -0.2) is 166 Å². The van der Waals surface area contributed by atoms with Gasteiger partial charge in [-0.3, -0.25) is 57.9 Å². The average molecular weight is 1160 g/mol. The van der Waals surface area contributed by atoms with E-state index in [9.17, 15) is 53.1 Å². The van der Waals surface area contributed by atoms with Crippen molar-refractivity contribution in [3.05, 3.63) is 83.7 Å². The van der Waals surface area contributed by atoms with E-state index in [0.29, 0.717) is 29.8 Å². The number of fused-ring (bicyclic) bond motifs is 1. The quantitative estimate of drug-likeness (QED) is 0.0411. The molecule has 6 rings (SSSR count). The lowest BCUT2D eigenvalue weighted by Crippen LogP contribution is -2.60. The number of hydrogen-bond acceptors (Lipinski definition) is 14. The molecule has 2 aromatic carbocycles. The minimum absolute atomic E-state index is 0.00590. The molecule has 81 heavy (non-hydrogen) atoms. The van der Waals surface area contributed by atoms with Crippen LogP contribution in [0.25, 0.3) is 10.9 Å². The molecule has 14 N–H and O–H groups in total. The van der Waals surface area contributed by atoms with Gasteiger partial charge in [-0.25, -0.2) is 0 Å². The summed E-state index contributed by atoms with van der Waals surface area (Å²) >= 11 is 0. The Balaban J connectivity index is 1.38. The van der Waals surface area contributed by atoms with Crippen molar-refractivity contribution in [2.45, 2.75) is 133 Å². The average Bonchev–Trinajstić information content (AvgIpc) is 4.25. The van der Waals surface area contributed by atoms with Crippen LogP contribution in [0.5, 0.6) is 0 Å². The summed E-state index contributed by atoms with van der Waals surface area (Å²) in [6, 6.07) is 6.39. The van der Waals surface area contributed by atoms with Crippen LogP contribution in [0.1, 0.15) is 82.8 Å². The van der Waals surface area contributed by atoms with Gasteiger partial charge in [0.25, 0.3) is 0 Å². The molecule has 0 radical (unpaired) electrons. The number of allylic oxidation sites excluding steroid dienone is 1. The Labute approximate surface area is 476 Å². The van der Waals surface area contributed by atoms with Gasteiger partial charge in [-0.2, -0.15) is 0 Å². The molecule has 2 fully saturated rings. The van der Waals surface area contributed by atoms with Crippen LogP contribution in [0.4, 0.5) is 0 Å². The monoisotopic (exact) mass is 1160 g/mol. The minimum atomic E-state index is -1.54. The Hall–Kier alpha value is -7.94. The third-order valence-electron chi connectivity index (χ3n) is 13.7. The molecule has 9 amide bonds. The molecule has 2 saturated heterocycles. The summed E-state index contributed by atoms with van der Waals surface area (Å²) in [6.07, 6.45) is 5.62. The number of hydrogen-bond donors (Lipinski definition) is 12. The molecule has 4 heterocycles. The zero-order valence-corrected chi connectivity index (χ0v) is 46.8. The Morgan fingerprint density at radius 3 is 2.06 bits per heavy atom. The molecule has 0 bridgehead atoms. The van der Waals surface area contributed by atoms with E-state index >= 15 is 0 Å².